The van der Waals surface area contributed by atoms with Gasteiger partial charge in [-0.05, 0) is 33.9 Å². The van der Waals surface area contributed by atoms with Gasteiger partial charge in [0.1, 0.15) is 4.88 Å². The molecule has 0 spiro atoms. The number of aromatic nitrogens is 4. The summed E-state index contributed by atoms with van der Waals surface area (Å²) in [6.45, 7) is 2.43. The van der Waals surface area contributed by atoms with Crippen molar-refractivity contribution in [3.05, 3.63) is 21.9 Å². The van der Waals surface area contributed by atoms with Gasteiger partial charge in [0.2, 0.25) is 5.95 Å². The lowest BCUT2D eigenvalue weighted by atomic mass is 10.1. The molecule has 0 aliphatic carbocycles. The van der Waals surface area contributed by atoms with E-state index in [1.54, 1.807) is 0 Å². The summed E-state index contributed by atoms with van der Waals surface area (Å²) in [5, 5.41) is 13.0. The van der Waals surface area contributed by atoms with E-state index in [1.807, 2.05) is 11.9 Å². The van der Waals surface area contributed by atoms with Crippen molar-refractivity contribution in [2.75, 3.05) is 31.7 Å². The molecule has 126 valence electrons. The Bertz CT molecular complexity index is 650. The number of rotatable bonds is 5. The van der Waals surface area contributed by atoms with Crippen LogP contribution in [0.2, 0.25) is 0 Å². The minimum absolute atomic E-state index is 0.209. The Kier molecular flexibility index (Phi) is 4.53. The molecule has 0 amide bonds. The van der Waals surface area contributed by atoms with Crippen LogP contribution in [-0.2, 0) is 17.5 Å². The third-order valence-corrected chi connectivity index (χ3v) is 4.70. The van der Waals surface area contributed by atoms with Gasteiger partial charge in [0, 0.05) is 26.1 Å². The maximum Gasteiger partial charge on any atom is 0.425 e. The van der Waals surface area contributed by atoms with Gasteiger partial charge in [0.25, 0.3) is 0 Å². The van der Waals surface area contributed by atoms with Gasteiger partial charge in [-0.1, -0.05) is 5.10 Å². The molecule has 0 bridgehead atoms. The molecule has 3 heterocycles. The predicted octanol–water partition coefficient (Wildman–Crippen LogP) is 2.27. The van der Waals surface area contributed by atoms with Crippen LogP contribution in [0.1, 0.15) is 16.9 Å². The van der Waals surface area contributed by atoms with Crippen molar-refractivity contribution in [2.24, 2.45) is 5.92 Å². The molecule has 1 aliphatic rings. The highest BCUT2D eigenvalue weighted by Gasteiger charge is 2.32. The normalized spacial score (nSPS) is 18.5. The summed E-state index contributed by atoms with van der Waals surface area (Å²) >= 11 is 0.682. The Labute approximate surface area is 134 Å². The van der Waals surface area contributed by atoms with Crippen molar-refractivity contribution < 1.29 is 17.9 Å². The number of thiophene rings is 1. The van der Waals surface area contributed by atoms with Crippen LogP contribution in [-0.4, -0.2) is 47.0 Å². The van der Waals surface area contributed by atoms with Gasteiger partial charge in [0.05, 0.1) is 13.2 Å². The summed E-state index contributed by atoms with van der Waals surface area (Å²) in [6.07, 6.45) is -3.32. The minimum Gasteiger partial charge on any atom is -0.381 e. The third kappa shape index (κ3) is 3.81. The second kappa shape index (κ2) is 6.44. The first-order valence-corrected chi connectivity index (χ1v) is 8.01. The fourth-order valence-electron chi connectivity index (χ4n) is 2.55. The number of tetrazole rings is 1. The number of hydrogen-bond acceptors (Lipinski definition) is 6. The number of nitrogens with zero attached hydrogens (tertiary/aromatic N) is 5. The molecular weight excluding hydrogens is 331 g/mol. The average molecular weight is 347 g/mol. The van der Waals surface area contributed by atoms with E-state index in [-0.39, 0.29) is 6.54 Å². The van der Waals surface area contributed by atoms with Crippen LogP contribution >= 0.6 is 11.3 Å². The number of hydrogen-bond donors (Lipinski definition) is 0. The Morgan fingerprint density at radius 3 is 2.96 bits per heavy atom. The van der Waals surface area contributed by atoms with Crippen molar-refractivity contribution in [3.8, 4) is 0 Å². The fourth-order valence-corrected chi connectivity index (χ4v) is 3.33. The van der Waals surface area contributed by atoms with E-state index in [1.165, 1.54) is 10.1 Å². The molecule has 23 heavy (non-hydrogen) atoms. The third-order valence-electron chi connectivity index (χ3n) is 3.68. The van der Waals surface area contributed by atoms with E-state index in [2.05, 4.69) is 15.5 Å². The summed E-state index contributed by atoms with van der Waals surface area (Å²) in [6, 6.07) is 1.14. The zero-order chi connectivity index (χ0) is 16.4. The lowest BCUT2D eigenvalue weighted by Crippen LogP contribution is -2.28. The van der Waals surface area contributed by atoms with Gasteiger partial charge in [-0.15, -0.1) is 11.3 Å². The van der Waals surface area contributed by atoms with Crippen LogP contribution in [0.15, 0.2) is 11.4 Å². The molecule has 1 unspecified atom stereocenters. The first-order chi connectivity index (χ1) is 10.9. The van der Waals surface area contributed by atoms with Crippen molar-refractivity contribution in [1.82, 2.24) is 20.2 Å². The first-order valence-electron chi connectivity index (χ1n) is 7.13. The molecule has 1 saturated heterocycles. The van der Waals surface area contributed by atoms with Crippen LogP contribution in [0.25, 0.3) is 0 Å². The van der Waals surface area contributed by atoms with Crippen LogP contribution < -0.4 is 4.90 Å². The van der Waals surface area contributed by atoms with Gasteiger partial charge < -0.3 is 9.64 Å². The Morgan fingerprint density at radius 1 is 1.48 bits per heavy atom. The lowest BCUT2D eigenvalue weighted by Gasteiger charge is -2.20. The molecule has 0 saturated carbocycles. The van der Waals surface area contributed by atoms with Crippen molar-refractivity contribution in [3.63, 3.8) is 0 Å². The number of ether oxygens (including phenoxy) is 1. The second-order valence-electron chi connectivity index (χ2n) is 5.56. The van der Waals surface area contributed by atoms with Crippen molar-refractivity contribution >= 4 is 17.3 Å². The van der Waals surface area contributed by atoms with E-state index in [0.717, 1.165) is 25.6 Å². The Balaban J connectivity index is 1.69. The number of anilines is 1. The predicted molar refractivity (Wildman–Crippen MR) is 78.4 cm³/mol. The highest BCUT2D eigenvalue weighted by atomic mass is 32.1. The topological polar surface area (TPSA) is 56.1 Å². The number of alkyl halides is 3. The van der Waals surface area contributed by atoms with E-state index in [4.69, 9.17) is 4.74 Å². The monoisotopic (exact) mass is 347 g/mol. The fraction of sp³-hybridized carbons (Fsp3) is 0.615. The Morgan fingerprint density at radius 2 is 2.30 bits per heavy atom. The second-order valence-corrected chi connectivity index (χ2v) is 6.47. The summed E-state index contributed by atoms with van der Waals surface area (Å²) < 4.78 is 44.8. The molecular formula is C13H16F3N5OS. The molecule has 0 radical (unpaired) electrons. The lowest BCUT2D eigenvalue weighted by molar-refractivity contribution is -0.134. The zero-order valence-electron chi connectivity index (χ0n) is 12.5. The van der Waals surface area contributed by atoms with E-state index >= 15 is 0 Å². The van der Waals surface area contributed by atoms with Gasteiger partial charge in [-0.25, -0.2) is 4.68 Å². The summed E-state index contributed by atoms with van der Waals surface area (Å²) in [7, 11) is 1.87. The van der Waals surface area contributed by atoms with Gasteiger partial charge in [-0.3, -0.25) is 0 Å². The maximum atomic E-state index is 12.7. The zero-order valence-corrected chi connectivity index (χ0v) is 13.3. The molecule has 0 N–H and O–H groups in total. The number of halogens is 3. The highest BCUT2D eigenvalue weighted by molar-refractivity contribution is 7.10. The van der Waals surface area contributed by atoms with Gasteiger partial charge in [-0.2, -0.15) is 13.2 Å². The van der Waals surface area contributed by atoms with Crippen LogP contribution in [0.3, 0.4) is 0 Å². The summed E-state index contributed by atoms with van der Waals surface area (Å²) in [5.74, 6) is 0.958. The van der Waals surface area contributed by atoms with E-state index in [9.17, 15) is 13.2 Å². The molecule has 1 atom stereocenters. The molecule has 10 heteroatoms. The largest absolute Gasteiger partial charge is 0.425 e. The molecule has 1 aliphatic heterocycles. The van der Waals surface area contributed by atoms with Crippen LogP contribution in [0.5, 0.6) is 0 Å². The molecule has 6 nitrogen and oxygen atoms in total. The molecule has 2 aromatic rings. The van der Waals surface area contributed by atoms with Crippen molar-refractivity contribution in [1.29, 1.82) is 0 Å². The maximum absolute atomic E-state index is 12.7. The molecule has 1 fully saturated rings. The summed E-state index contributed by atoms with van der Waals surface area (Å²) in [5.41, 5.74) is 0.536. The van der Waals surface area contributed by atoms with E-state index in [0.29, 0.717) is 35.4 Å². The van der Waals surface area contributed by atoms with Gasteiger partial charge in [0.15, 0.2) is 0 Å². The Hall–Kier alpha value is -1.68. The van der Waals surface area contributed by atoms with Crippen molar-refractivity contribution in [2.45, 2.75) is 19.1 Å². The molecule has 2 aromatic heterocycles. The summed E-state index contributed by atoms with van der Waals surface area (Å²) in [4.78, 5) is 1.30. The molecule has 0 aromatic carbocycles. The SMILES string of the molecule is CN(CC1CCOC1)c1nnnn1Cc1csc(C(F)(F)F)c1. The molecule has 3 rings (SSSR count). The van der Waals surface area contributed by atoms with Crippen LogP contribution in [0.4, 0.5) is 19.1 Å². The standard InChI is InChI=1S/C13H16F3N5OS/c1-20(5-9-2-3-22-7-9)12-17-18-19-21(12)6-10-4-11(23-8-10)13(14,15)16/h4,8-9H,2-3,5-7H2,1H3. The quantitative estimate of drug-likeness (QED) is 0.831. The van der Waals surface area contributed by atoms with Gasteiger partial charge >= 0.3 is 6.18 Å². The average Bonchev–Trinajstić information content (AvgIpc) is 3.18. The highest BCUT2D eigenvalue weighted by Crippen LogP contribution is 2.34. The van der Waals surface area contributed by atoms with Crippen LogP contribution in [0, 0.1) is 5.92 Å². The minimum atomic E-state index is -4.31. The smallest absolute Gasteiger partial charge is 0.381 e. The van der Waals surface area contributed by atoms with E-state index < -0.39 is 11.1 Å². The first kappa shape index (κ1) is 16.2.